The third kappa shape index (κ3) is 2.47. The van der Waals surface area contributed by atoms with Gasteiger partial charge in [0.1, 0.15) is 0 Å². The molecule has 2 aromatic heterocycles. The maximum Gasteiger partial charge on any atom is 0.0362 e. The topological polar surface area (TPSA) is 24.9 Å². The van der Waals surface area contributed by atoms with Gasteiger partial charge in [-0.05, 0) is 60.0 Å². The van der Waals surface area contributed by atoms with E-state index < -0.39 is 0 Å². The van der Waals surface area contributed by atoms with Crippen LogP contribution in [0.15, 0.2) is 48.1 Å². The number of nitrogens with zero attached hydrogens (tertiary/aromatic N) is 1. The molecule has 0 bridgehead atoms. The normalized spacial score (nSPS) is 12.7. The molecule has 0 amide bonds. The van der Waals surface area contributed by atoms with Crippen LogP contribution in [0, 0.1) is 6.92 Å². The summed E-state index contributed by atoms with van der Waals surface area (Å²) in [6.45, 7) is 2.12. The summed E-state index contributed by atoms with van der Waals surface area (Å²) in [5.41, 5.74) is 3.99. The molecule has 3 aromatic rings. The predicted octanol–water partition coefficient (Wildman–Crippen LogP) is 4.11. The van der Waals surface area contributed by atoms with Crippen molar-refractivity contribution >= 4 is 21.4 Å². The number of aromatic nitrogens is 1. The van der Waals surface area contributed by atoms with Crippen molar-refractivity contribution in [3.05, 3.63) is 64.8 Å². The van der Waals surface area contributed by atoms with Crippen LogP contribution in [0.5, 0.6) is 0 Å². The lowest BCUT2D eigenvalue weighted by molar-refractivity contribution is 0.590. The molecule has 0 radical (unpaired) electrons. The van der Waals surface area contributed by atoms with Gasteiger partial charge in [0.2, 0.25) is 0 Å². The third-order valence-electron chi connectivity index (χ3n) is 3.77. The standard InChI is InChI=1S/C17H18N2S/c1-12-10-19-8-7-14(12)16(18-2)9-13-11-20-17-6-4-3-5-15(13)17/h3-8,10-11,16,18H,9H2,1-2H3. The SMILES string of the molecule is CNC(Cc1csc2ccccc12)c1ccncc1C. The minimum Gasteiger partial charge on any atom is -0.313 e. The first-order chi connectivity index (χ1) is 9.79. The molecule has 0 saturated heterocycles. The van der Waals surface area contributed by atoms with E-state index >= 15 is 0 Å². The number of hydrogen-bond acceptors (Lipinski definition) is 3. The van der Waals surface area contributed by atoms with Crippen LogP contribution in [-0.2, 0) is 6.42 Å². The molecule has 1 atom stereocenters. The lowest BCUT2D eigenvalue weighted by atomic mass is 9.96. The second-order valence-corrected chi connectivity index (χ2v) is 5.95. The van der Waals surface area contributed by atoms with Gasteiger partial charge < -0.3 is 5.32 Å². The van der Waals surface area contributed by atoms with Crippen molar-refractivity contribution in [3.8, 4) is 0 Å². The average molecular weight is 282 g/mol. The van der Waals surface area contributed by atoms with Gasteiger partial charge in [-0.3, -0.25) is 4.98 Å². The Morgan fingerprint density at radius 1 is 1.25 bits per heavy atom. The second-order valence-electron chi connectivity index (χ2n) is 5.03. The minimum atomic E-state index is 0.330. The fraction of sp³-hybridized carbons (Fsp3) is 0.235. The van der Waals surface area contributed by atoms with E-state index in [4.69, 9.17) is 0 Å². The number of hydrogen-bond donors (Lipinski definition) is 1. The lowest BCUT2D eigenvalue weighted by Gasteiger charge is -2.18. The summed E-state index contributed by atoms with van der Waals surface area (Å²) < 4.78 is 1.36. The highest BCUT2D eigenvalue weighted by molar-refractivity contribution is 7.17. The summed E-state index contributed by atoms with van der Waals surface area (Å²) in [6, 6.07) is 11.1. The molecule has 102 valence electrons. The molecule has 1 unspecified atom stereocenters. The Kier molecular flexibility index (Phi) is 3.81. The summed E-state index contributed by atoms with van der Waals surface area (Å²) in [5, 5.41) is 7.10. The van der Waals surface area contributed by atoms with Crippen molar-refractivity contribution in [3.63, 3.8) is 0 Å². The summed E-state index contributed by atoms with van der Waals surface area (Å²) >= 11 is 1.83. The van der Waals surface area contributed by atoms with Gasteiger partial charge in [0.15, 0.2) is 0 Å². The van der Waals surface area contributed by atoms with Crippen LogP contribution in [0.4, 0.5) is 0 Å². The highest BCUT2D eigenvalue weighted by atomic mass is 32.1. The fourth-order valence-electron chi connectivity index (χ4n) is 2.65. The second kappa shape index (κ2) is 5.73. The molecule has 3 rings (SSSR count). The van der Waals surface area contributed by atoms with Gasteiger partial charge in [0.25, 0.3) is 0 Å². The van der Waals surface area contributed by atoms with Crippen molar-refractivity contribution in [2.24, 2.45) is 0 Å². The number of rotatable bonds is 4. The van der Waals surface area contributed by atoms with Gasteiger partial charge >= 0.3 is 0 Å². The largest absolute Gasteiger partial charge is 0.313 e. The zero-order valence-corrected chi connectivity index (χ0v) is 12.6. The average Bonchev–Trinajstić information content (AvgIpc) is 2.89. The maximum atomic E-state index is 4.18. The smallest absolute Gasteiger partial charge is 0.0362 e. The van der Waals surface area contributed by atoms with E-state index in [9.17, 15) is 0 Å². The summed E-state index contributed by atoms with van der Waals surface area (Å²) in [5.74, 6) is 0. The number of fused-ring (bicyclic) bond motifs is 1. The molecule has 0 saturated carbocycles. The van der Waals surface area contributed by atoms with Gasteiger partial charge in [-0.2, -0.15) is 0 Å². The number of thiophene rings is 1. The predicted molar refractivity (Wildman–Crippen MR) is 86.3 cm³/mol. The molecular weight excluding hydrogens is 264 g/mol. The molecule has 20 heavy (non-hydrogen) atoms. The van der Waals surface area contributed by atoms with Crippen LogP contribution in [0.2, 0.25) is 0 Å². The van der Waals surface area contributed by atoms with Crippen LogP contribution >= 0.6 is 11.3 Å². The van der Waals surface area contributed by atoms with E-state index in [2.05, 4.69) is 52.9 Å². The number of likely N-dealkylation sites (N-methyl/N-ethyl adjacent to an activating group) is 1. The van der Waals surface area contributed by atoms with Crippen LogP contribution in [0.25, 0.3) is 10.1 Å². The Bertz CT molecular complexity index is 718. The van der Waals surface area contributed by atoms with Crippen molar-refractivity contribution in [2.75, 3.05) is 7.05 Å². The summed E-state index contributed by atoms with van der Waals surface area (Å²) in [6.07, 6.45) is 4.81. The Labute approximate surface area is 123 Å². The first-order valence-electron chi connectivity index (χ1n) is 6.82. The first kappa shape index (κ1) is 13.3. The molecule has 0 aliphatic rings. The van der Waals surface area contributed by atoms with E-state index in [1.54, 1.807) is 0 Å². The van der Waals surface area contributed by atoms with Gasteiger partial charge in [-0.25, -0.2) is 0 Å². The number of pyridine rings is 1. The van der Waals surface area contributed by atoms with Crippen LogP contribution < -0.4 is 5.32 Å². The third-order valence-corrected chi connectivity index (χ3v) is 4.79. The number of benzene rings is 1. The minimum absolute atomic E-state index is 0.330. The monoisotopic (exact) mass is 282 g/mol. The van der Waals surface area contributed by atoms with E-state index in [0.717, 1.165) is 6.42 Å². The van der Waals surface area contributed by atoms with Gasteiger partial charge in [0.05, 0.1) is 0 Å². The molecule has 1 N–H and O–H groups in total. The Hall–Kier alpha value is -1.71. The van der Waals surface area contributed by atoms with Crippen molar-refractivity contribution < 1.29 is 0 Å². The summed E-state index contributed by atoms with van der Waals surface area (Å²) in [4.78, 5) is 4.18. The molecule has 2 heterocycles. The van der Waals surface area contributed by atoms with Crippen LogP contribution in [0.3, 0.4) is 0 Å². The molecule has 0 aliphatic heterocycles. The highest BCUT2D eigenvalue weighted by Crippen LogP contribution is 2.30. The summed E-state index contributed by atoms with van der Waals surface area (Å²) in [7, 11) is 2.03. The van der Waals surface area contributed by atoms with Gasteiger partial charge in [0, 0.05) is 23.1 Å². The highest BCUT2D eigenvalue weighted by Gasteiger charge is 2.14. The molecule has 0 fully saturated rings. The van der Waals surface area contributed by atoms with Crippen molar-refractivity contribution in [1.29, 1.82) is 0 Å². The maximum absolute atomic E-state index is 4.18. The molecule has 0 aliphatic carbocycles. The Morgan fingerprint density at radius 2 is 2.10 bits per heavy atom. The van der Waals surface area contributed by atoms with E-state index in [1.165, 1.54) is 26.8 Å². The van der Waals surface area contributed by atoms with E-state index in [0.29, 0.717) is 6.04 Å². The fourth-order valence-corrected chi connectivity index (χ4v) is 3.63. The zero-order valence-electron chi connectivity index (χ0n) is 11.8. The molecule has 2 nitrogen and oxygen atoms in total. The quantitative estimate of drug-likeness (QED) is 0.779. The van der Waals surface area contributed by atoms with E-state index in [1.807, 2.05) is 30.8 Å². The molecule has 0 spiro atoms. The Morgan fingerprint density at radius 3 is 2.90 bits per heavy atom. The Balaban J connectivity index is 1.94. The van der Waals surface area contributed by atoms with Gasteiger partial charge in [-0.15, -0.1) is 11.3 Å². The first-order valence-corrected chi connectivity index (χ1v) is 7.70. The molecular formula is C17H18N2S. The molecule has 1 aromatic carbocycles. The van der Waals surface area contributed by atoms with Crippen molar-refractivity contribution in [1.82, 2.24) is 10.3 Å². The van der Waals surface area contributed by atoms with Crippen LogP contribution in [0.1, 0.15) is 22.7 Å². The molecule has 3 heteroatoms. The van der Waals surface area contributed by atoms with E-state index in [-0.39, 0.29) is 0 Å². The van der Waals surface area contributed by atoms with Crippen molar-refractivity contribution in [2.45, 2.75) is 19.4 Å². The van der Waals surface area contributed by atoms with Gasteiger partial charge in [-0.1, -0.05) is 18.2 Å². The lowest BCUT2D eigenvalue weighted by Crippen LogP contribution is -2.19. The number of aryl methyl sites for hydroxylation is 1. The zero-order chi connectivity index (χ0) is 13.9. The van der Waals surface area contributed by atoms with Crippen LogP contribution in [-0.4, -0.2) is 12.0 Å². The number of nitrogens with one attached hydrogen (secondary N) is 1.